The maximum Gasteiger partial charge on any atom is 0.147 e. The van der Waals surface area contributed by atoms with Gasteiger partial charge in [0.2, 0.25) is 0 Å². The second-order valence-corrected chi connectivity index (χ2v) is 5.16. The quantitative estimate of drug-likeness (QED) is 0.876. The number of anilines is 1. The number of benzene rings is 1. The fourth-order valence-corrected chi connectivity index (χ4v) is 2.99. The van der Waals surface area contributed by atoms with Crippen LogP contribution in [0.25, 0.3) is 0 Å². The molecule has 3 rings (SSSR count). The van der Waals surface area contributed by atoms with E-state index in [4.69, 9.17) is 4.52 Å². The molecular weight excluding hydrogens is 224 g/mol. The molecule has 0 saturated carbocycles. The lowest BCUT2D eigenvalue weighted by molar-refractivity contribution is 0.393. The predicted molar refractivity (Wildman–Crippen MR) is 71.8 cm³/mol. The molecule has 3 heteroatoms. The molecule has 2 unspecified atom stereocenters. The molecule has 2 atom stereocenters. The van der Waals surface area contributed by atoms with Crippen LogP contribution in [0.2, 0.25) is 0 Å². The lowest BCUT2D eigenvalue weighted by Crippen LogP contribution is -2.18. The van der Waals surface area contributed by atoms with Gasteiger partial charge in [-0.05, 0) is 29.9 Å². The van der Waals surface area contributed by atoms with Crippen molar-refractivity contribution in [3.8, 4) is 0 Å². The van der Waals surface area contributed by atoms with Gasteiger partial charge in [-0.3, -0.25) is 0 Å². The van der Waals surface area contributed by atoms with Gasteiger partial charge >= 0.3 is 0 Å². The molecule has 1 heterocycles. The van der Waals surface area contributed by atoms with Gasteiger partial charge in [0.25, 0.3) is 0 Å². The number of hydrogen-bond donors (Lipinski definition) is 1. The van der Waals surface area contributed by atoms with Gasteiger partial charge in [0.1, 0.15) is 12.0 Å². The van der Waals surface area contributed by atoms with Crippen LogP contribution in [0.1, 0.15) is 36.1 Å². The van der Waals surface area contributed by atoms with Crippen molar-refractivity contribution < 1.29 is 4.52 Å². The Morgan fingerprint density at radius 2 is 2.17 bits per heavy atom. The fraction of sp³-hybridized carbons (Fsp3) is 0.400. The molecule has 2 aromatic rings. The molecule has 0 fully saturated rings. The summed E-state index contributed by atoms with van der Waals surface area (Å²) in [5, 5.41) is 7.37. The minimum absolute atomic E-state index is 0.353. The van der Waals surface area contributed by atoms with Crippen molar-refractivity contribution in [3.05, 3.63) is 47.3 Å². The Morgan fingerprint density at radius 1 is 1.33 bits per heavy atom. The van der Waals surface area contributed by atoms with Crippen LogP contribution >= 0.6 is 0 Å². The van der Waals surface area contributed by atoms with Crippen molar-refractivity contribution >= 4 is 5.69 Å². The molecule has 3 nitrogen and oxygen atoms in total. The third kappa shape index (κ3) is 1.80. The lowest BCUT2D eigenvalue weighted by Gasteiger charge is -2.28. The third-order valence-corrected chi connectivity index (χ3v) is 3.83. The zero-order valence-corrected chi connectivity index (χ0v) is 10.8. The number of nitrogens with zero attached hydrogens (tertiary/aromatic N) is 1. The number of rotatable bonds is 2. The fourth-order valence-electron chi connectivity index (χ4n) is 2.99. The summed E-state index contributed by atoms with van der Waals surface area (Å²) in [5.74, 6) is 1.04. The van der Waals surface area contributed by atoms with E-state index < -0.39 is 0 Å². The van der Waals surface area contributed by atoms with Crippen LogP contribution in [-0.2, 0) is 6.42 Å². The largest absolute Gasteiger partial charge is 0.384 e. The molecule has 1 aromatic heterocycles. The minimum Gasteiger partial charge on any atom is -0.384 e. The summed E-state index contributed by atoms with van der Waals surface area (Å²) in [4.78, 5) is 0. The van der Waals surface area contributed by atoms with Crippen molar-refractivity contribution in [2.45, 2.75) is 25.7 Å². The molecule has 1 aromatic carbocycles. The first-order valence-electron chi connectivity index (χ1n) is 6.49. The number of hydrogen-bond acceptors (Lipinski definition) is 3. The Bertz CT molecular complexity index is 547. The van der Waals surface area contributed by atoms with Gasteiger partial charge in [-0.2, -0.15) is 0 Å². The maximum absolute atomic E-state index is 5.13. The highest BCUT2D eigenvalue weighted by molar-refractivity contribution is 5.51. The van der Waals surface area contributed by atoms with E-state index in [2.05, 4.69) is 41.7 Å². The van der Waals surface area contributed by atoms with Crippen molar-refractivity contribution in [3.63, 3.8) is 0 Å². The van der Waals surface area contributed by atoms with Crippen molar-refractivity contribution in [2.75, 3.05) is 12.4 Å². The van der Waals surface area contributed by atoms with Crippen molar-refractivity contribution in [1.29, 1.82) is 0 Å². The SMILES string of the molecule is CNc1conc1C1CC(C)Cc2ccccc21. The van der Waals surface area contributed by atoms with E-state index in [1.165, 1.54) is 17.5 Å². The van der Waals surface area contributed by atoms with Crippen LogP contribution in [-0.4, -0.2) is 12.2 Å². The highest BCUT2D eigenvalue weighted by atomic mass is 16.5. The Labute approximate surface area is 107 Å². The van der Waals surface area contributed by atoms with Gasteiger partial charge in [0, 0.05) is 13.0 Å². The molecule has 1 aliphatic carbocycles. The Morgan fingerprint density at radius 3 is 3.00 bits per heavy atom. The maximum atomic E-state index is 5.13. The van der Waals surface area contributed by atoms with Gasteiger partial charge in [-0.15, -0.1) is 0 Å². The van der Waals surface area contributed by atoms with Crippen LogP contribution in [0.4, 0.5) is 5.69 Å². The normalized spacial score (nSPS) is 22.6. The summed E-state index contributed by atoms with van der Waals surface area (Å²) in [6.07, 6.45) is 3.99. The summed E-state index contributed by atoms with van der Waals surface area (Å²) >= 11 is 0. The molecule has 0 aliphatic heterocycles. The molecule has 0 saturated heterocycles. The van der Waals surface area contributed by atoms with Crippen LogP contribution in [0.3, 0.4) is 0 Å². The van der Waals surface area contributed by atoms with Gasteiger partial charge in [-0.1, -0.05) is 36.3 Å². The molecular formula is C15H18N2O. The highest BCUT2D eigenvalue weighted by Gasteiger charge is 2.29. The zero-order chi connectivity index (χ0) is 12.5. The molecule has 18 heavy (non-hydrogen) atoms. The van der Waals surface area contributed by atoms with E-state index in [1.54, 1.807) is 6.26 Å². The van der Waals surface area contributed by atoms with E-state index in [-0.39, 0.29) is 0 Å². The topological polar surface area (TPSA) is 38.1 Å². The smallest absolute Gasteiger partial charge is 0.147 e. The second kappa shape index (κ2) is 4.48. The average Bonchev–Trinajstić information content (AvgIpc) is 2.85. The van der Waals surface area contributed by atoms with Crippen LogP contribution in [0.5, 0.6) is 0 Å². The van der Waals surface area contributed by atoms with Gasteiger partial charge in [-0.25, -0.2) is 0 Å². The van der Waals surface area contributed by atoms with Crippen LogP contribution in [0.15, 0.2) is 35.1 Å². The molecule has 0 bridgehead atoms. The van der Waals surface area contributed by atoms with E-state index >= 15 is 0 Å². The van der Waals surface area contributed by atoms with Gasteiger partial charge in [0.05, 0.1) is 5.69 Å². The average molecular weight is 242 g/mol. The van der Waals surface area contributed by atoms with E-state index in [9.17, 15) is 0 Å². The molecule has 0 amide bonds. The van der Waals surface area contributed by atoms with E-state index in [0.717, 1.165) is 17.8 Å². The van der Waals surface area contributed by atoms with Crippen molar-refractivity contribution in [2.24, 2.45) is 5.92 Å². The minimum atomic E-state index is 0.353. The molecule has 0 spiro atoms. The van der Waals surface area contributed by atoms with E-state index in [1.807, 2.05) is 7.05 Å². The number of nitrogens with one attached hydrogen (secondary N) is 1. The number of aromatic nitrogens is 1. The number of fused-ring (bicyclic) bond motifs is 1. The summed E-state index contributed by atoms with van der Waals surface area (Å²) < 4.78 is 5.13. The van der Waals surface area contributed by atoms with Crippen LogP contribution < -0.4 is 5.32 Å². The first-order valence-corrected chi connectivity index (χ1v) is 6.49. The highest BCUT2D eigenvalue weighted by Crippen LogP contribution is 2.40. The monoisotopic (exact) mass is 242 g/mol. The summed E-state index contributed by atoms with van der Waals surface area (Å²) in [7, 11) is 1.91. The van der Waals surface area contributed by atoms with Gasteiger partial charge < -0.3 is 9.84 Å². The van der Waals surface area contributed by atoms with Crippen molar-refractivity contribution in [1.82, 2.24) is 5.16 Å². The lowest BCUT2D eigenvalue weighted by atomic mass is 9.76. The molecule has 0 radical (unpaired) electrons. The summed E-state index contributed by atoms with van der Waals surface area (Å²) in [6, 6.07) is 8.69. The third-order valence-electron chi connectivity index (χ3n) is 3.83. The first-order chi connectivity index (χ1) is 8.79. The Kier molecular flexibility index (Phi) is 2.82. The Balaban J connectivity index is 2.07. The van der Waals surface area contributed by atoms with Gasteiger partial charge in [0.15, 0.2) is 0 Å². The second-order valence-electron chi connectivity index (χ2n) is 5.16. The summed E-state index contributed by atoms with van der Waals surface area (Å²) in [6.45, 7) is 2.31. The first kappa shape index (κ1) is 11.3. The van der Waals surface area contributed by atoms with E-state index in [0.29, 0.717) is 11.8 Å². The molecule has 94 valence electrons. The zero-order valence-electron chi connectivity index (χ0n) is 10.8. The van der Waals surface area contributed by atoms with Crippen LogP contribution in [0, 0.1) is 5.92 Å². The predicted octanol–water partition coefficient (Wildman–Crippen LogP) is 3.43. The summed E-state index contributed by atoms with van der Waals surface area (Å²) in [5.41, 5.74) is 4.90. The standard InChI is InChI=1S/C15H18N2O/c1-10-7-11-5-3-4-6-12(11)13(8-10)15-14(16-2)9-18-17-15/h3-6,9-10,13,16H,7-8H2,1-2H3. The molecule has 1 N–H and O–H groups in total. The Hall–Kier alpha value is -1.77. The molecule has 1 aliphatic rings.